The van der Waals surface area contributed by atoms with Gasteiger partial charge in [0.1, 0.15) is 5.75 Å². The summed E-state index contributed by atoms with van der Waals surface area (Å²) in [4.78, 5) is 0. The van der Waals surface area contributed by atoms with Gasteiger partial charge in [0.15, 0.2) is 0 Å². The van der Waals surface area contributed by atoms with Gasteiger partial charge in [0, 0.05) is 23.7 Å². The Bertz CT molecular complexity index is 82.1. The lowest BCUT2D eigenvalue weighted by Gasteiger charge is -2.12. The minimum Gasteiger partial charge on any atom is -0.598 e. The number of thioether (sulfide) groups is 1. The molecule has 0 saturated heterocycles. The van der Waals surface area contributed by atoms with Crippen molar-refractivity contribution in [3.05, 3.63) is 0 Å². The fourth-order valence-electron chi connectivity index (χ4n) is 0.629. The van der Waals surface area contributed by atoms with E-state index in [1.54, 1.807) is 7.05 Å². The van der Waals surface area contributed by atoms with Crippen LogP contribution in [0.25, 0.3) is 0 Å². The van der Waals surface area contributed by atoms with Crippen molar-refractivity contribution in [1.29, 1.82) is 0 Å². The monoisotopic (exact) mass is 181 g/mol. The van der Waals surface area contributed by atoms with E-state index in [1.165, 1.54) is 0 Å². The van der Waals surface area contributed by atoms with E-state index in [-0.39, 0.29) is 0 Å². The van der Waals surface area contributed by atoms with Crippen LogP contribution in [-0.2, 0) is 11.4 Å². The molecular formula is C6H15NOS2. The van der Waals surface area contributed by atoms with Crippen LogP contribution in [0.3, 0.4) is 0 Å². The second kappa shape index (κ2) is 6.34. The molecule has 10 heavy (non-hydrogen) atoms. The number of nitrogens with one attached hydrogen (secondary N) is 1. The average molecular weight is 181 g/mol. The van der Waals surface area contributed by atoms with Gasteiger partial charge in [0.25, 0.3) is 0 Å². The molecule has 0 rings (SSSR count). The maximum absolute atomic E-state index is 10.9. The Balaban J connectivity index is 3.27. The van der Waals surface area contributed by atoms with E-state index in [2.05, 4.69) is 18.6 Å². The molecule has 2 nitrogen and oxygen atoms in total. The van der Waals surface area contributed by atoms with E-state index in [4.69, 9.17) is 0 Å². The van der Waals surface area contributed by atoms with Gasteiger partial charge in [-0.1, -0.05) is 6.92 Å². The molecule has 0 aliphatic carbocycles. The molecule has 4 heteroatoms. The second-order valence-corrected chi connectivity index (χ2v) is 5.13. The van der Waals surface area contributed by atoms with Crippen molar-refractivity contribution in [2.45, 2.75) is 19.1 Å². The standard InChI is InChI=1S/C6H15NOS2/c1-4-9-6(2)5-10(8)7-3/h6-7H,4-5H2,1-3H3. The number of hydrogen-bond donors (Lipinski definition) is 1. The zero-order valence-electron chi connectivity index (χ0n) is 6.72. The summed E-state index contributed by atoms with van der Waals surface area (Å²) in [5.74, 6) is 1.84. The van der Waals surface area contributed by atoms with Crippen LogP contribution in [-0.4, -0.2) is 28.4 Å². The second-order valence-electron chi connectivity index (χ2n) is 1.98. The Kier molecular flexibility index (Phi) is 6.73. The Morgan fingerprint density at radius 1 is 1.70 bits per heavy atom. The first kappa shape index (κ1) is 10.6. The summed E-state index contributed by atoms with van der Waals surface area (Å²) in [5.41, 5.74) is 0. The van der Waals surface area contributed by atoms with E-state index >= 15 is 0 Å². The Morgan fingerprint density at radius 2 is 2.30 bits per heavy atom. The summed E-state index contributed by atoms with van der Waals surface area (Å²) in [7, 11) is 1.72. The third-order valence-corrected chi connectivity index (χ3v) is 3.60. The van der Waals surface area contributed by atoms with Crippen LogP contribution in [0.4, 0.5) is 0 Å². The topological polar surface area (TPSA) is 35.1 Å². The van der Waals surface area contributed by atoms with E-state index in [9.17, 15) is 4.55 Å². The molecule has 0 amide bonds. The van der Waals surface area contributed by atoms with Gasteiger partial charge in [-0.25, -0.2) is 0 Å². The molecule has 1 N–H and O–H groups in total. The number of hydrogen-bond acceptors (Lipinski definition) is 3. The van der Waals surface area contributed by atoms with Crippen molar-refractivity contribution in [3.63, 3.8) is 0 Å². The predicted octanol–water partition coefficient (Wildman–Crippen LogP) is 1.01. The molecule has 0 aliphatic rings. The largest absolute Gasteiger partial charge is 0.598 e. The smallest absolute Gasteiger partial charge is 0.137 e. The Morgan fingerprint density at radius 3 is 2.70 bits per heavy atom. The zero-order chi connectivity index (χ0) is 7.98. The lowest BCUT2D eigenvalue weighted by Crippen LogP contribution is -2.26. The Hall–Kier alpha value is 0.620. The first-order chi connectivity index (χ1) is 4.70. The molecule has 0 aliphatic heterocycles. The van der Waals surface area contributed by atoms with Crippen molar-refractivity contribution in [1.82, 2.24) is 4.72 Å². The lowest BCUT2D eigenvalue weighted by atomic mass is 10.6. The Labute approximate surface area is 70.5 Å². The van der Waals surface area contributed by atoms with Crippen LogP contribution in [0.2, 0.25) is 0 Å². The maximum Gasteiger partial charge on any atom is 0.137 e. The fourth-order valence-corrected chi connectivity index (χ4v) is 2.55. The molecule has 0 heterocycles. The highest BCUT2D eigenvalue weighted by molar-refractivity contribution is 8.01. The molecule has 0 saturated carbocycles. The van der Waals surface area contributed by atoms with Gasteiger partial charge in [0.05, 0.1) is 0 Å². The lowest BCUT2D eigenvalue weighted by molar-refractivity contribution is 0.586. The molecule has 0 fully saturated rings. The molecular weight excluding hydrogens is 166 g/mol. The van der Waals surface area contributed by atoms with E-state index < -0.39 is 11.4 Å². The van der Waals surface area contributed by atoms with Crippen molar-refractivity contribution >= 4 is 23.1 Å². The molecule has 0 radical (unpaired) electrons. The quantitative estimate of drug-likeness (QED) is 0.643. The van der Waals surface area contributed by atoms with Gasteiger partial charge < -0.3 is 4.55 Å². The molecule has 0 aromatic carbocycles. The third kappa shape index (κ3) is 5.41. The molecule has 2 unspecified atom stereocenters. The van der Waals surface area contributed by atoms with E-state index in [1.807, 2.05) is 11.8 Å². The third-order valence-electron chi connectivity index (χ3n) is 1.06. The van der Waals surface area contributed by atoms with E-state index in [0.717, 1.165) is 11.5 Å². The summed E-state index contributed by atoms with van der Waals surface area (Å²) in [6, 6.07) is 0. The molecule has 0 bridgehead atoms. The van der Waals surface area contributed by atoms with Gasteiger partial charge in [-0.3, -0.25) is 0 Å². The first-order valence-electron chi connectivity index (χ1n) is 3.38. The molecule has 2 atom stereocenters. The van der Waals surface area contributed by atoms with Gasteiger partial charge >= 0.3 is 0 Å². The summed E-state index contributed by atoms with van der Waals surface area (Å²) < 4.78 is 13.6. The van der Waals surface area contributed by atoms with Crippen molar-refractivity contribution in [3.8, 4) is 0 Å². The van der Waals surface area contributed by atoms with Crippen molar-refractivity contribution in [2.75, 3.05) is 18.6 Å². The molecule has 0 spiro atoms. The first-order valence-corrected chi connectivity index (χ1v) is 5.74. The summed E-state index contributed by atoms with van der Waals surface area (Å²) in [6.45, 7) is 4.22. The van der Waals surface area contributed by atoms with Crippen LogP contribution in [0, 0.1) is 0 Å². The molecule has 0 aromatic heterocycles. The summed E-state index contributed by atoms with van der Waals surface area (Å²) in [5, 5.41) is 0.498. The molecule has 62 valence electrons. The van der Waals surface area contributed by atoms with Gasteiger partial charge in [-0.15, -0.1) is 4.72 Å². The maximum atomic E-state index is 10.9. The summed E-state index contributed by atoms with van der Waals surface area (Å²) >= 11 is 1.01. The fraction of sp³-hybridized carbons (Fsp3) is 1.00. The zero-order valence-corrected chi connectivity index (χ0v) is 8.35. The van der Waals surface area contributed by atoms with Crippen molar-refractivity contribution in [2.24, 2.45) is 0 Å². The van der Waals surface area contributed by atoms with Crippen LogP contribution >= 0.6 is 11.8 Å². The van der Waals surface area contributed by atoms with Crippen LogP contribution in [0.1, 0.15) is 13.8 Å². The van der Waals surface area contributed by atoms with Crippen LogP contribution < -0.4 is 4.72 Å². The molecule has 0 aromatic rings. The van der Waals surface area contributed by atoms with Gasteiger partial charge in [-0.2, -0.15) is 11.8 Å². The van der Waals surface area contributed by atoms with E-state index in [0.29, 0.717) is 5.25 Å². The summed E-state index contributed by atoms with van der Waals surface area (Å²) in [6.07, 6.45) is 0. The highest BCUT2D eigenvalue weighted by Crippen LogP contribution is 2.10. The van der Waals surface area contributed by atoms with Crippen LogP contribution in [0.5, 0.6) is 0 Å². The number of rotatable bonds is 5. The highest BCUT2D eigenvalue weighted by Gasteiger charge is 2.09. The SMILES string of the molecule is CCSC(C)C[S+]([O-])NC. The van der Waals surface area contributed by atoms with Crippen molar-refractivity contribution < 1.29 is 4.55 Å². The highest BCUT2D eigenvalue weighted by atomic mass is 32.2. The normalized spacial score (nSPS) is 16.8. The average Bonchev–Trinajstić information content (AvgIpc) is 1.88. The minimum absolute atomic E-state index is 0.498. The minimum atomic E-state index is -0.829. The van der Waals surface area contributed by atoms with Crippen LogP contribution in [0.15, 0.2) is 0 Å². The predicted molar refractivity (Wildman–Crippen MR) is 49.7 cm³/mol. The van der Waals surface area contributed by atoms with Gasteiger partial charge in [-0.05, 0) is 12.7 Å². The van der Waals surface area contributed by atoms with Gasteiger partial charge in [0.2, 0.25) is 0 Å².